The van der Waals surface area contributed by atoms with Gasteiger partial charge in [0, 0.05) is 18.1 Å². The predicted molar refractivity (Wildman–Crippen MR) is 64.3 cm³/mol. The number of aromatic nitrogens is 5. The summed E-state index contributed by atoms with van der Waals surface area (Å²) < 4.78 is 1.62. The fraction of sp³-hybridized carbons (Fsp3) is 0.0909. The zero-order valence-electron chi connectivity index (χ0n) is 9.58. The molecule has 0 aliphatic carbocycles. The van der Waals surface area contributed by atoms with Gasteiger partial charge in [0.15, 0.2) is 0 Å². The molecule has 0 aliphatic heterocycles. The van der Waals surface area contributed by atoms with Gasteiger partial charge in [-0.1, -0.05) is 0 Å². The van der Waals surface area contributed by atoms with E-state index in [1.165, 1.54) is 0 Å². The molecular weight excluding hydrogens is 232 g/mol. The van der Waals surface area contributed by atoms with Crippen LogP contribution in [0.1, 0.15) is 16.2 Å². The van der Waals surface area contributed by atoms with Crippen LogP contribution in [0.3, 0.4) is 0 Å². The standard InChI is InChI=1S/C11H10N6O/c1-7-4-6-17-10(13-7)15-16-11(17)14-9(18)8-3-2-5-12-8/h2-6,12H,1H3,(H,14,16,18). The van der Waals surface area contributed by atoms with Gasteiger partial charge in [0.25, 0.3) is 11.7 Å². The lowest BCUT2D eigenvalue weighted by atomic mass is 10.4. The number of H-pyrrole nitrogens is 1. The summed E-state index contributed by atoms with van der Waals surface area (Å²) in [6, 6.07) is 5.25. The van der Waals surface area contributed by atoms with Gasteiger partial charge in [-0.3, -0.25) is 14.5 Å². The molecule has 90 valence electrons. The third-order valence-electron chi connectivity index (χ3n) is 2.49. The molecule has 0 fully saturated rings. The first-order valence-electron chi connectivity index (χ1n) is 5.37. The Morgan fingerprint density at radius 1 is 1.39 bits per heavy atom. The highest BCUT2D eigenvalue weighted by Gasteiger charge is 2.11. The fourth-order valence-corrected chi connectivity index (χ4v) is 1.60. The Bertz CT molecular complexity index is 699. The van der Waals surface area contributed by atoms with E-state index in [-0.39, 0.29) is 5.91 Å². The second-order valence-electron chi connectivity index (χ2n) is 3.80. The first-order valence-corrected chi connectivity index (χ1v) is 5.37. The van der Waals surface area contributed by atoms with Crippen LogP contribution in [0.4, 0.5) is 5.95 Å². The zero-order valence-corrected chi connectivity index (χ0v) is 9.58. The van der Waals surface area contributed by atoms with Crippen LogP contribution >= 0.6 is 0 Å². The Balaban J connectivity index is 1.94. The van der Waals surface area contributed by atoms with Crippen LogP contribution in [0, 0.1) is 6.92 Å². The van der Waals surface area contributed by atoms with E-state index in [1.807, 2.05) is 13.0 Å². The summed E-state index contributed by atoms with van der Waals surface area (Å²) in [5, 5.41) is 10.4. The maximum Gasteiger partial charge on any atom is 0.274 e. The maximum absolute atomic E-state index is 11.8. The highest BCUT2D eigenvalue weighted by atomic mass is 16.2. The van der Waals surface area contributed by atoms with E-state index in [1.54, 1.807) is 28.9 Å². The number of nitrogens with one attached hydrogen (secondary N) is 2. The predicted octanol–water partition coefficient (Wildman–Crippen LogP) is 1.01. The van der Waals surface area contributed by atoms with Crippen LogP contribution in [0.2, 0.25) is 0 Å². The summed E-state index contributed by atoms with van der Waals surface area (Å²) in [6.45, 7) is 1.87. The number of amides is 1. The minimum atomic E-state index is -0.269. The largest absolute Gasteiger partial charge is 0.357 e. The van der Waals surface area contributed by atoms with Crippen molar-refractivity contribution in [2.45, 2.75) is 6.92 Å². The van der Waals surface area contributed by atoms with Crippen molar-refractivity contribution in [1.82, 2.24) is 24.6 Å². The number of aromatic amines is 1. The lowest BCUT2D eigenvalue weighted by molar-refractivity contribution is 0.102. The average Bonchev–Trinajstić information content (AvgIpc) is 2.98. The molecule has 0 bridgehead atoms. The molecule has 7 heteroatoms. The fourth-order valence-electron chi connectivity index (χ4n) is 1.60. The van der Waals surface area contributed by atoms with Crippen molar-refractivity contribution in [1.29, 1.82) is 0 Å². The Kier molecular flexibility index (Phi) is 2.30. The highest BCUT2D eigenvalue weighted by molar-refractivity contribution is 6.02. The van der Waals surface area contributed by atoms with Gasteiger partial charge in [-0.05, 0) is 25.1 Å². The zero-order chi connectivity index (χ0) is 12.5. The number of anilines is 1. The molecule has 2 N–H and O–H groups in total. The number of hydrogen-bond acceptors (Lipinski definition) is 4. The van der Waals surface area contributed by atoms with E-state index >= 15 is 0 Å². The number of fused-ring (bicyclic) bond motifs is 1. The van der Waals surface area contributed by atoms with Crippen LogP contribution in [0.5, 0.6) is 0 Å². The SMILES string of the molecule is Cc1ccn2c(NC(=O)c3ccc[nH]3)nnc2n1. The second-order valence-corrected chi connectivity index (χ2v) is 3.80. The molecule has 3 aromatic rings. The van der Waals surface area contributed by atoms with E-state index < -0.39 is 0 Å². The van der Waals surface area contributed by atoms with Gasteiger partial charge in [-0.2, -0.15) is 0 Å². The number of nitrogens with zero attached hydrogens (tertiary/aromatic N) is 4. The lowest BCUT2D eigenvalue weighted by Crippen LogP contribution is -2.14. The molecule has 0 aliphatic rings. The summed E-state index contributed by atoms with van der Waals surface area (Å²) in [5.41, 5.74) is 1.31. The third kappa shape index (κ3) is 1.71. The van der Waals surface area contributed by atoms with Gasteiger partial charge < -0.3 is 4.98 Å². The molecule has 0 radical (unpaired) electrons. The molecule has 0 saturated heterocycles. The van der Waals surface area contributed by atoms with Crippen LogP contribution in [0.15, 0.2) is 30.6 Å². The molecule has 3 heterocycles. The second kappa shape index (κ2) is 3.95. The molecule has 7 nitrogen and oxygen atoms in total. The van der Waals surface area contributed by atoms with Gasteiger partial charge in [0.1, 0.15) is 5.69 Å². The highest BCUT2D eigenvalue weighted by Crippen LogP contribution is 2.08. The minimum absolute atomic E-state index is 0.269. The Morgan fingerprint density at radius 3 is 3.06 bits per heavy atom. The molecule has 3 aromatic heterocycles. The topological polar surface area (TPSA) is 88.0 Å². The molecule has 18 heavy (non-hydrogen) atoms. The quantitative estimate of drug-likeness (QED) is 0.702. The maximum atomic E-state index is 11.8. The summed E-state index contributed by atoms with van der Waals surface area (Å²) in [7, 11) is 0. The first kappa shape index (κ1) is 10.5. The molecular formula is C11H10N6O. The summed E-state index contributed by atoms with van der Waals surface area (Å²) in [4.78, 5) is 18.9. The van der Waals surface area contributed by atoms with Crippen LogP contribution < -0.4 is 5.32 Å². The van der Waals surface area contributed by atoms with Crippen molar-refractivity contribution in [2.75, 3.05) is 5.32 Å². The van der Waals surface area contributed by atoms with Crippen molar-refractivity contribution < 1.29 is 4.79 Å². The Hall–Kier alpha value is -2.70. The van der Waals surface area contributed by atoms with Crippen molar-refractivity contribution in [3.63, 3.8) is 0 Å². The van der Waals surface area contributed by atoms with Crippen LogP contribution in [0.25, 0.3) is 5.78 Å². The van der Waals surface area contributed by atoms with Crippen molar-refractivity contribution in [3.8, 4) is 0 Å². The summed E-state index contributed by atoms with van der Waals surface area (Å²) in [6.07, 6.45) is 3.45. The van der Waals surface area contributed by atoms with E-state index in [2.05, 4.69) is 25.5 Å². The van der Waals surface area contributed by atoms with Crippen LogP contribution in [-0.2, 0) is 0 Å². The summed E-state index contributed by atoms with van der Waals surface area (Å²) in [5.74, 6) is 0.531. The molecule has 0 spiro atoms. The van der Waals surface area contributed by atoms with E-state index in [0.29, 0.717) is 17.4 Å². The molecule has 0 atom stereocenters. The van der Waals surface area contributed by atoms with Gasteiger partial charge >= 0.3 is 0 Å². The number of carbonyl (C=O) groups is 1. The van der Waals surface area contributed by atoms with E-state index in [9.17, 15) is 4.79 Å². The lowest BCUT2D eigenvalue weighted by Gasteiger charge is -2.01. The minimum Gasteiger partial charge on any atom is -0.357 e. The van der Waals surface area contributed by atoms with E-state index in [4.69, 9.17) is 0 Å². The van der Waals surface area contributed by atoms with Gasteiger partial charge in [-0.25, -0.2) is 4.98 Å². The Morgan fingerprint density at radius 2 is 2.28 bits per heavy atom. The van der Waals surface area contributed by atoms with Crippen molar-refractivity contribution in [2.24, 2.45) is 0 Å². The first-order chi connectivity index (χ1) is 8.74. The normalized spacial score (nSPS) is 10.7. The molecule has 0 saturated carbocycles. The Labute approximate surface area is 102 Å². The summed E-state index contributed by atoms with van der Waals surface area (Å²) >= 11 is 0. The molecule has 3 rings (SSSR count). The molecule has 1 amide bonds. The monoisotopic (exact) mass is 242 g/mol. The number of carbonyl (C=O) groups excluding carboxylic acids is 1. The van der Waals surface area contributed by atoms with Gasteiger partial charge in [0.2, 0.25) is 5.95 Å². The molecule has 0 aromatic carbocycles. The van der Waals surface area contributed by atoms with E-state index in [0.717, 1.165) is 5.69 Å². The van der Waals surface area contributed by atoms with Crippen LogP contribution in [-0.4, -0.2) is 30.5 Å². The van der Waals surface area contributed by atoms with Crippen molar-refractivity contribution in [3.05, 3.63) is 42.0 Å². The number of rotatable bonds is 2. The third-order valence-corrected chi connectivity index (χ3v) is 2.49. The van der Waals surface area contributed by atoms with Gasteiger partial charge in [-0.15, -0.1) is 10.2 Å². The average molecular weight is 242 g/mol. The number of aryl methyl sites for hydroxylation is 1. The van der Waals surface area contributed by atoms with Crippen molar-refractivity contribution >= 4 is 17.6 Å². The smallest absolute Gasteiger partial charge is 0.274 e. The number of hydrogen-bond donors (Lipinski definition) is 2. The molecule has 0 unspecified atom stereocenters. The van der Waals surface area contributed by atoms with Gasteiger partial charge in [0.05, 0.1) is 0 Å².